The first kappa shape index (κ1) is 18.1. The molecule has 2 unspecified atom stereocenters. The summed E-state index contributed by atoms with van der Waals surface area (Å²) < 4.78 is 4.20. The maximum atomic E-state index is 12.6. The molecule has 0 spiro atoms. The number of fused-ring (bicyclic) bond motifs is 1. The lowest BCUT2D eigenvalue weighted by Gasteiger charge is -2.06. The third kappa shape index (κ3) is 4.08. The molecule has 0 bridgehead atoms. The van der Waals surface area contributed by atoms with Crippen molar-refractivity contribution in [2.24, 2.45) is 5.92 Å². The Kier molecular flexibility index (Phi) is 4.87. The molecule has 3 aromatic heterocycles. The van der Waals surface area contributed by atoms with Crippen LogP contribution in [-0.4, -0.2) is 20.9 Å². The van der Waals surface area contributed by atoms with Crippen LogP contribution in [0.3, 0.4) is 0 Å². The van der Waals surface area contributed by atoms with Crippen molar-refractivity contribution in [3.8, 4) is 0 Å². The highest BCUT2D eigenvalue weighted by molar-refractivity contribution is 8.00. The molecule has 1 amide bonds. The predicted octanol–water partition coefficient (Wildman–Crippen LogP) is 4.95. The summed E-state index contributed by atoms with van der Waals surface area (Å²) in [6, 6.07) is 16.0. The van der Waals surface area contributed by atoms with Crippen molar-refractivity contribution in [3.05, 3.63) is 72.7 Å². The molecule has 1 aromatic carbocycles. The average molecular weight is 420 g/mol. The molecule has 1 saturated carbocycles. The minimum atomic E-state index is 0.00489. The van der Waals surface area contributed by atoms with E-state index in [0.29, 0.717) is 5.13 Å². The smallest absolute Gasteiger partial charge is 0.229 e. The van der Waals surface area contributed by atoms with Crippen LogP contribution in [0.4, 0.5) is 10.9 Å². The van der Waals surface area contributed by atoms with Gasteiger partial charge in [-0.25, -0.2) is 9.97 Å². The number of hydrogen-bond donors (Lipinski definition) is 2. The molecule has 29 heavy (non-hydrogen) atoms. The third-order valence-electron chi connectivity index (χ3n) is 4.80. The largest absolute Gasteiger partial charge is 0.310 e. The first-order valence-electron chi connectivity index (χ1n) is 9.21. The number of nitrogens with one attached hydrogen (secondary N) is 2. The van der Waals surface area contributed by atoms with Crippen LogP contribution in [0.2, 0.25) is 0 Å². The molecule has 1 aliphatic rings. The monoisotopic (exact) mass is 419 g/mol. The minimum Gasteiger partial charge on any atom is -0.310 e. The zero-order valence-electron chi connectivity index (χ0n) is 15.3. The molecule has 1 aliphatic carbocycles. The molecule has 0 saturated heterocycles. The number of nitrogens with zero attached hydrogens (tertiary/aromatic N) is 3. The van der Waals surface area contributed by atoms with Gasteiger partial charge in [0.15, 0.2) is 5.13 Å². The molecule has 2 atom stereocenters. The molecule has 4 aromatic rings. The molecular weight excluding hydrogens is 402 g/mol. The summed E-state index contributed by atoms with van der Waals surface area (Å²) in [5.74, 6) is 1.14. The maximum Gasteiger partial charge on any atom is 0.229 e. The molecule has 0 radical (unpaired) electrons. The van der Waals surface area contributed by atoms with Crippen molar-refractivity contribution in [2.75, 3.05) is 10.0 Å². The van der Waals surface area contributed by atoms with Crippen LogP contribution in [0.5, 0.6) is 0 Å². The van der Waals surface area contributed by atoms with E-state index in [1.165, 1.54) is 28.8 Å². The normalized spacial score (nSPS) is 17.8. The third-order valence-corrected chi connectivity index (χ3v) is 6.54. The Morgan fingerprint density at radius 3 is 2.79 bits per heavy atom. The minimum absolute atomic E-state index is 0.00489. The number of anilines is 2. The molecule has 2 N–H and O–H groups in total. The molecule has 8 heteroatoms. The maximum absolute atomic E-state index is 12.6. The number of rotatable bonds is 6. The van der Waals surface area contributed by atoms with Gasteiger partial charge >= 0.3 is 0 Å². The Morgan fingerprint density at radius 2 is 2.00 bits per heavy atom. The fourth-order valence-electron chi connectivity index (χ4n) is 3.20. The lowest BCUT2D eigenvalue weighted by Crippen LogP contribution is -2.14. The molecule has 144 valence electrons. The molecule has 3 heterocycles. The summed E-state index contributed by atoms with van der Waals surface area (Å²) in [4.78, 5) is 26.5. The summed E-state index contributed by atoms with van der Waals surface area (Å²) in [7, 11) is 0. The van der Waals surface area contributed by atoms with E-state index in [-0.39, 0.29) is 17.7 Å². The van der Waals surface area contributed by atoms with Crippen LogP contribution in [-0.2, 0) is 4.79 Å². The van der Waals surface area contributed by atoms with Crippen molar-refractivity contribution < 1.29 is 4.79 Å². The van der Waals surface area contributed by atoms with Crippen LogP contribution in [0, 0.1) is 5.92 Å². The molecule has 5 rings (SSSR count). The van der Waals surface area contributed by atoms with Crippen molar-refractivity contribution in [3.63, 3.8) is 0 Å². The Bertz CT molecular complexity index is 1110. The number of carbonyl (C=O) groups is 1. The Balaban J connectivity index is 1.17. The van der Waals surface area contributed by atoms with E-state index in [1.807, 2.05) is 24.3 Å². The van der Waals surface area contributed by atoms with Gasteiger partial charge in [-0.2, -0.15) is 0 Å². The van der Waals surface area contributed by atoms with Crippen LogP contribution in [0.15, 0.2) is 72.0 Å². The van der Waals surface area contributed by atoms with Gasteiger partial charge in [0, 0.05) is 29.4 Å². The lowest BCUT2D eigenvalue weighted by atomic mass is 10.1. The average Bonchev–Trinajstić information content (AvgIpc) is 3.46. The summed E-state index contributed by atoms with van der Waals surface area (Å²) in [5.41, 5.74) is 2.06. The van der Waals surface area contributed by atoms with Gasteiger partial charge in [-0.15, -0.1) is 0 Å². The van der Waals surface area contributed by atoms with Gasteiger partial charge in [-0.1, -0.05) is 29.5 Å². The van der Waals surface area contributed by atoms with E-state index in [0.717, 1.165) is 27.4 Å². The highest BCUT2D eigenvalue weighted by Gasteiger charge is 2.44. The van der Waals surface area contributed by atoms with Gasteiger partial charge in [0.1, 0.15) is 5.82 Å². The van der Waals surface area contributed by atoms with E-state index < -0.39 is 0 Å². The van der Waals surface area contributed by atoms with Gasteiger partial charge in [0.2, 0.25) is 5.91 Å². The first-order chi connectivity index (χ1) is 14.3. The number of hydrogen-bond acceptors (Lipinski definition) is 7. The summed E-state index contributed by atoms with van der Waals surface area (Å²) in [6.45, 7) is 0. The first-order valence-corrected chi connectivity index (χ1v) is 10.8. The number of amides is 1. The zero-order valence-corrected chi connectivity index (χ0v) is 16.9. The standard InChI is InChI=1S/C21H17N5OS2/c27-20(25-21-24-17-8-10-22-12-18(17)28-21)16-11-15(16)13-4-6-14(7-5-13)29-26-19-3-1-2-9-23-19/h1-10,12,15-16H,11H2,(H,23,26)(H,24,25,27). The number of aromatic nitrogens is 3. The van der Waals surface area contributed by atoms with Gasteiger partial charge < -0.3 is 10.0 Å². The fourth-order valence-corrected chi connectivity index (χ4v) is 4.65. The quantitative estimate of drug-likeness (QED) is 0.431. The van der Waals surface area contributed by atoms with Gasteiger partial charge in [0.25, 0.3) is 0 Å². The van der Waals surface area contributed by atoms with Crippen molar-refractivity contribution in [2.45, 2.75) is 17.2 Å². The van der Waals surface area contributed by atoms with E-state index in [2.05, 4.69) is 49.3 Å². The van der Waals surface area contributed by atoms with Crippen LogP contribution in [0.1, 0.15) is 17.9 Å². The molecular formula is C21H17N5OS2. The molecule has 0 aliphatic heterocycles. The van der Waals surface area contributed by atoms with E-state index in [9.17, 15) is 4.79 Å². The second kappa shape index (κ2) is 7.81. The molecule has 1 fully saturated rings. The van der Waals surface area contributed by atoms with Crippen molar-refractivity contribution >= 4 is 50.4 Å². The van der Waals surface area contributed by atoms with Crippen molar-refractivity contribution in [1.82, 2.24) is 15.0 Å². The summed E-state index contributed by atoms with van der Waals surface area (Å²) in [6.07, 6.45) is 6.11. The number of carbonyl (C=O) groups excluding carboxylic acids is 1. The zero-order chi connectivity index (χ0) is 19.6. The van der Waals surface area contributed by atoms with Gasteiger partial charge in [0.05, 0.1) is 10.2 Å². The number of thiazole rings is 1. The van der Waals surface area contributed by atoms with Crippen LogP contribution >= 0.6 is 23.3 Å². The summed E-state index contributed by atoms with van der Waals surface area (Å²) in [5, 5.41) is 3.60. The SMILES string of the molecule is O=C(Nc1nc2ccncc2s1)C1CC1c1ccc(SNc2ccccn2)cc1. The topological polar surface area (TPSA) is 79.8 Å². The highest BCUT2D eigenvalue weighted by atomic mass is 32.2. The summed E-state index contributed by atoms with van der Waals surface area (Å²) >= 11 is 2.97. The van der Waals surface area contributed by atoms with Crippen LogP contribution in [0.25, 0.3) is 10.2 Å². The van der Waals surface area contributed by atoms with Gasteiger partial charge in [-0.3, -0.25) is 9.78 Å². The molecule has 6 nitrogen and oxygen atoms in total. The predicted molar refractivity (Wildman–Crippen MR) is 117 cm³/mol. The van der Waals surface area contributed by atoms with E-state index in [4.69, 9.17) is 0 Å². The Labute approximate surface area is 176 Å². The fraction of sp³-hybridized carbons (Fsp3) is 0.143. The Hall–Kier alpha value is -2.97. The second-order valence-corrected chi connectivity index (χ2v) is 8.70. The van der Waals surface area contributed by atoms with Crippen LogP contribution < -0.4 is 10.0 Å². The van der Waals surface area contributed by atoms with Crippen molar-refractivity contribution in [1.29, 1.82) is 0 Å². The number of pyridine rings is 2. The number of benzene rings is 1. The Morgan fingerprint density at radius 1 is 1.10 bits per heavy atom. The van der Waals surface area contributed by atoms with E-state index >= 15 is 0 Å². The van der Waals surface area contributed by atoms with Gasteiger partial charge in [-0.05, 0) is 60.2 Å². The van der Waals surface area contributed by atoms with E-state index in [1.54, 1.807) is 18.6 Å². The highest BCUT2D eigenvalue weighted by Crippen LogP contribution is 2.48. The lowest BCUT2D eigenvalue weighted by molar-refractivity contribution is -0.117. The second-order valence-electron chi connectivity index (χ2n) is 6.79.